The number of nitrogens with two attached hydrogens (primary N) is 1. The number of nitrogens with one attached hydrogen (secondary N) is 2. The smallest absolute Gasteiger partial charge is 0.340 e. The molecule has 1 rings (SSSR count). The van der Waals surface area contributed by atoms with Crippen molar-refractivity contribution in [3.63, 3.8) is 0 Å². The average Bonchev–Trinajstić information content (AvgIpc) is 2.45. The van der Waals surface area contributed by atoms with E-state index in [1.54, 1.807) is 19.1 Å². The highest BCUT2D eigenvalue weighted by Gasteiger charge is 2.13. The molecule has 0 saturated carbocycles. The lowest BCUT2D eigenvalue weighted by Crippen LogP contribution is -2.30. The zero-order valence-corrected chi connectivity index (χ0v) is 12.1. The van der Waals surface area contributed by atoms with Gasteiger partial charge in [-0.05, 0) is 31.0 Å². The summed E-state index contributed by atoms with van der Waals surface area (Å²) in [6.45, 7) is 4.57. The van der Waals surface area contributed by atoms with Gasteiger partial charge in [-0.3, -0.25) is 4.79 Å². The second kappa shape index (κ2) is 7.37. The Balaban J connectivity index is 2.79. The van der Waals surface area contributed by atoms with Gasteiger partial charge in [0.05, 0.1) is 19.2 Å². The predicted octanol–water partition coefficient (Wildman–Crippen LogP) is 1.30. The molecule has 0 saturated heterocycles. The Labute approximate surface area is 118 Å². The van der Waals surface area contributed by atoms with E-state index in [-0.39, 0.29) is 12.5 Å². The van der Waals surface area contributed by atoms with E-state index in [4.69, 9.17) is 5.73 Å². The molecule has 6 nitrogen and oxygen atoms in total. The number of aryl methyl sites for hydroxylation is 1. The Morgan fingerprint density at radius 1 is 1.35 bits per heavy atom. The standard InChI is InChI=1S/C14H21N3O3/c1-4-5-16-12(18)8-17-10-6-9(2)13(15)11(7-10)14(19)20-3/h6-7,17H,4-5,8,15H2,1-3H3,(H,16,18). The number of amides is 1. The van der Waals surface area contributed by atoms with Crippen LogP contribution in [-0.2, 0) is 9.53 Å². The van der Waals surface area contributed by atoms with Crippen molar-refractivity contribution >= 4 is 23.3 Å². The third-order valence-electron chi connectivity index (χ3n) is 2.82. The van der Waals surface area contributed by atoms with Crippen LogP contribution in [0.4, 0.5) is 11.4 Å². The molecular formula is C14H21N3O3. The maximum Gasteiger partial charge on any atom is 0.340 e. The van der Waals surface area contributed by atoms with Crippen LogP contribution in [0.3, 0.4) is 0 Å². The molecule has 20 heavy (non-hydrogen) atoms. The first-order valence-electron chi connectivity index (χ1n) is 6.48. The fraction of sp³-hybridized carbons (Fsp3) is 0.429. The summed E-state index contributed by atoms with van der Waals surface area (Å²) < 4.78 is 4.68. The summed E-state index contributed by atoms with van der Waals surface area (Å²) in [4.78, 5) is 23.1. The maximum absolute atomic E-state index is 11.6. The minimum absolute atomic E-state index is 0.0963. The number of hydrogen-bond donors (Lipinski definition) is 3. The van der Waals surface area contributed by atoms with Gasteiger partial charge in [0.2, 0.25) is 5.91 Å². The normalized spacial score (nSPS) is 9.95. The zero-order chi connectivity index (χ0) is 15.1. The number of benzene rings is 1. The fourth-order valence-corrected chi connectivity index (χ4v) is 1.69. The molecule has 0 aliphatic rings. The molecule has 6 heteroatoms. The van der Waals surface area contributed by atoms with Gasteiger partial charge in [-0.25, -0.2) is 4.79 Å². The molecular weight excluding hydrogens is 258 g/mol. The van der Waals surface area contributed by atoms with Crippen LogP contribution in [0.25, 0.3) is 0 Å². The molecule has 0 bridgehead atoms. The molecule has 1 amide bonds. The van der Waals surface area contributed by atoms with Crippen LogP contribution in [0.5, 0.6) is 0 Å². The Kier molecular flexibility index (Phi) is 5.83. The van der Waals surface area contributed by atoms with Gasteiger partial charge in [0, 0.05) is 17.9 Å². The van der Waals surface area contributed by atoms with E-state index in [1.807, 2.05) is 6.92 Å². The molecule has 0 spiro atoms. The van der Waals surface area contributed by atoms with Crippen LogP contribution in [0, 0.1) is 6.92 Å². The van der Waals surface area contributed by atoms with Crippen LogP contribution in [0.15, 0.2) is 12.1 Å². The molecule has 1 aromatic carbocycles. The van der Waals surface area contributed by atoms with Crippen LogP contribution < -0.4 is 16.4 Å². The molecule has 4 N–H and O–H groups in total. The number of hydrogen-bond acceptors (Lipinski definition) is 5. The summed E-state index contributed by atoms with van der Waals surface area (Å²) in [5.74, 6) is -0.592. The van der Waals surface area contributed by atoms with Gasteiger partial charge < -0.3 is 21.1 Å². The Hall–Kier alpha value is -2.24. The molecule has 0 atom stereocenters. The fourth-order valence-electron chi connectivity index (χ4n) is 1.69. The van der Waals surface area contributed by atoms with Crippen LogP contribution in [0.1, 0.15) is 29.3 Å². The molecule has 0 unspecified atom stereocenters. The molecule has 0 aromatic heterocycles. The SMILES string of the molecule is CCCNC(=O)CNc1cc(C)c(N)c(C(=O)OC)c1. The lowest BCUT2D eigenvalue weighted by molar-refractivity contribution is -0.119. The molecule has 0 aliphatic heterocycles. The Morgan fingerprint density at radius 3 is 2.65 bits per heavy atom. The molecule has 0 radical (unpaired) electrons. The van der Waals surface area contributed by atoms with Crippen molar-refractivity contribution in [2.45, 2.75) is 20.3 Å². The molecule has 0 fully saturated rings. The topological polar surface area (TPSA) is 93.5 Å². The first-order valence-corrected chi connectivity index (χ1v) is 6.48. The molecule has 110 valence electrons. The zero-order valence-electron chi connectivity index (χ0n) is 12.1. The average molecular weight is 279 g/mol. The molecule has 0 heterocycles. The van der Waals surface area contributed by atoms with E-state index in [2.05, 4.69) is 15.4 Å². The lowest BCUT2D eigenvalue weighted by Gasteiger charge is -2.12. The van der Waals surface area contributed by atoms with Gasteiger partial charge in [-0.2, -0.15) is 0 Å². The number of rotatable bonds is 6. The van der Waals surface area contributed by atoms with Crippen molar-refractivity contribution in [2.75, 3.05) is 31.2 Å². The van der Waals surface area contributed by atoms with Gasteiger partial charge >= 0.3 is 5.97 Å². The first-order chi connectivity index (χ1) is 9.49. The van der Waals surface area contributed by atoms with Gasteiger partial charge in [0.1, 0.15) is 0 Å². The Morgan fingerprint density at radius 2 is 2.05 bits per heavy atom. The van der Waals surface area contributed by atoms with E-state index in [1.165, 1.54) is 7.11 Å². The summed E-state index contributed by atoms with van der Waals surface area (Å²) in [5, 5.41) is 5.72. The minimum atomic E-state index is -0.496. The van der Waals surface area contributed by atoms with E-state index in [0.717, 1.165) is 12.0 Å². The number of ether oxygens (including phenoxy) is 1. The summed E-state index contributed by atoms with van der Waals surface area (Å²) in [6, 6.07) is 3.37. The molecule has 0 aliphatic carbocycles. The number of anilines is 2. The van der Waals surface area contributed by atoms with Gasteiger partial charge in [-0.15, -0.1) is 0 Å². The third kappa shape index (κ3) is 4.15. The largest absolute Gasteiger partial charge is 0.465 e. The van der Waals surface area contributed by atoms with E-state index in [0.29, 0.717) is 23.5 Å². The summed E-state index contributed by atoms with van der Waals surface area (Å²) in [7, 11) is 1.30. The minimum Gasteiger partial charge on any atom is -0.465 e. The van der Waals surface area contributed by atoms with Gasteiger partial charge in [0.15, 0.2) is 0 Å². The van der Waals surface area contributed by atoms with E-state index < -0.39 is 5.97 Å². The summed E-state index contributed by atoms with van der Waals surface area (Å²) in [6.07, 6.45) is 0.888. The van der Waals surface area contributed by atoms with Crippen molar-refractivity contribution in [3.8, 4) is 0 Å². The van der Waals surface area contributed by atoms with Crippen LogP contribution >= 0.6 is 0 Å². The first kappa shape index (κ1) is 15.8. The number of esters is 1. The number of methoxy groups -OCH3 is 1. The van der Waals surface area contributed by atoms with Crippen LogP contribution in [0.2, 0.25) is 0 Å². The summed E-state index contributed by atoms with van der Waals surface area (Å²) >= 11 is 0. The highest BCUT2D eigenvalue weighted by atomic mass is 16.5. The number of nitrogen functional groups attached to an aromatic ring is 1. The van der Waals surface area contributed by atoms with Crippen molar-refractivity contribution in [3.05, 3.63) is 23.3 Å². The van der Waals surface area contributed by atoms with Crippen molar-refractivity contribution in [1.29, 1.82) is 0 Å². The highest BCUT2D eigenvalue weighted by molar-refractivity contribution is 5.97. The lowest BCUT2D eigenvalue weighted by atomic mass is 10.1. The third-order valence-corrected chi connectivity index (χ3v) is 2.82. The van der Waals surface area contributed by atoms with Crippen molar-refractivity contribution < 1.29 is 14.3 Å². The molecule has 1 aromatic rings. The van der Waals surface area contributed by atoms with Gasteiger partial charge in [-0.1, -0.05) is 6.92 Å². The quantitative estimate of drug-likeness (QED) is 0.539. The second-order valence-electron chi connectivity index (χ2n) is 4.45. The van der Waals surface area contributed by atoms with Crippen LogP contribution in [-0.4, -0.2) is 32.1 Å². The number of carbonyl (C=O) groups is 2. The van der Waals surface area contributed by atoms with Crippen molar-refractivity contribution in [1.82, 2.24) is 5.32 Å². The monoisotopic (exact) mass is 279 g/mol. The maximum atomic E-state index is 11.6. The Bertz CT molecular complexity index is 501. The van der Waals surface area contributed by atoms with Gasteiger partial charge in [0.25, 0.3) is 0 Å². The predicted molar refractivity (Wildman–Crippen MR) is 78.7 cm³/mol. The van der Waals surface area contributed by atoms with E-state index in [9.17, 15) is 9.59 Å². The van der Waals surface area contributed by atoms with E-state index >= 15 is 0 Å². The van der Waals surface area contributed by atoms with Crippen molar-refractivity contribution in [2.24, 2.45) is 0 Å². The summed E-state index contributed by atoms with van der Waals surface area (Å²) in [5.41, 5.74) is 7.93. The number of carbonyl (C=O) groups excluding carboxylic acids is 2. The second-order valence-corrected chi connectivity index (χ2v) is 4.45. The highest BCUT2D eigenvalue weighted by Crippen LogP contribution is 2.23.